The number of nitrogens with two attached hydrogens (primary N) is 1. The van der Waals surface area contributed by atoms with Gasteiger partial charge in [-0.25, -0.2) is 0 Å². The second-order valence-corrected chi connectivity index (χ2v) is 16.1. The zero-order valence-corrected chi connectivity index (χ0v) is 32.1. The Balaban J connectivity index is 1.26. The van der Waals surface area contributed by atoms with Gasteiger partial charge in [0.05, 0.1) is 26.4 Å². The number of anilines is 2. The van der Waals surface area contributed by atoms with Crippen molar-refractivity contribution in [2.45, 2.75) is 77.8 Å². The summed E-state index contributed by atoms with van der Waals surface area (Å²) in [5.41, 5.74) is 11.7. The molecule has 1 heterocycles. The van der Waals surface area contributed by atoms with Crippen molar-refractivity contribution >= 4 is 23.2 Å². The average Bonchev–Trinajstić information content (AvgIpc) is 3.51. The van der Waals surface area contributed by atoms with Gasteiger partial charge in [0.25, 0.3) is 5.91 Å². The first-order chi connectivity index (χ1) is 25.2. The highest BCUT2D eigenvalue weighted by Gasteiger charge is 2.57. The zero-order chi connectivity index (χ0) is 38.2. The standard InChI is InChI=1S/C42H57N5O6/c1-24-33-20-30(42(33,3)4)21-35(24)45-41(51)38-37(25(2)49)36(23-48)53-47(38)22-27-12-10-13-32(39(27)52-7)28-17-29(19-31(18-28)46(5)6)40(50)44-16-15-26-11-8-9-14-34(26)43/h8-14,17-19,24-25,30,33,35-38,48-49H,15-16,20-23,43H2,1-7H3,(H,44,50)(H,45,51)/t24-,25-,30+,33-,35-,36-,37+,38-/m0/s1. The second-order valence-electron chi connectivity index (χ2n) is 16.1. The van der Waals surface area contributed by atoms with E-state index in [-0.39, 0.29) is 36.4 Å². The molecule has 0 aromatic heterocycles. The normalized spacial score (nSPS) is 26.7. The van der Waals surface area contributed by atoms with Crippen LogP contribution in [0.15, 0.2) is 60.7 Å². The van der Waals surface area contributed by atoms with Crippen molar-refractivity contribution in [3.8, 4) is 16.9 Å². The van der Waals surface area contributed by atoms with Crippen molar-refractivity contribution in [3.63, 3.8) is 0 Å². The van der Waals surface area contributed by atoms with Crippen molar-refractivity contribution in [2.75, 3.05) is 45.0 Å². The molecule has 0 unspecified atom stereocenters. The minimum Gasteiger partial charge on any atom is -0.496 e. The highest BCUT2D eigenvalue weighted by Crippen LogP contribution is 2.61. The smallest absolute Gasteiger partial charge is 0.251 e. The van der Waals surface area contributed by atoms with E-state index in [1.54, 1.807) is 19.1 Å². The number of hydrogen-bond acceptors (Lipinski definition) is 9. The molecule has 286 valence electrons. The van der Waals surface area contributed by atoms with Crippen LogP contribution in [0.5, 0.6) is 5.75 Å². The first kappa shape index (κ1) is 38.6. The Bertz CT molecular complexity index is 1800. The fourth-order valence-corrected chi connectivity index (χ4v) is 9.16. The summed E-state index contributed by atoms with van der Waals surface area (Å²) in [5.74, 6) is 0.974. The van der Waals surface area contributed by atoms with Crippen molar-refractivity contribution in [2.24, 2.45) is 29.1 Å². The van der Waals surface area contributed by atoms with Gasteiger partial charge < -0.3 is 36.2 Å². The number of benzene rings is 3. The lowest BCUT2D eigenvalue weighted by atomic mass is 9.45. The highest BCUT2D eigenvalue weighted by molar-refractivity contribution is 5.97. The largest absolute Gasteiger partial charge is 0.496 e. The molecule has 4 aliphatic rings. The molecular weight excluding hydrogens is 670 g/mol. The van der Waals surface area contributed by atoms with E-state index in [1.165, 1.54) is 6.42 Å². The number of nitrogen functional groups attached to an aromatic ring is 1. The summed E-state index contributed by atoms with van der Waals surface area (Å²) in [4.78, 5) is 35.9. The van der Waals surface area contributed by atoms with E-state index in [1.807, 2.05) is 79.7 Å². The number of hydrogen-bond donors (Lipinski definition) is 5. The fourth-order valence-electron chi connectivity index (χ4n) is 9.16. The lowest BCUT2D eigenvalue weighted by Gasteiger charge is -2.62. The molecule has 2 amide bonds. The van der Waals surface area contributed by atoms with E-state index < -0.39 is 24.2 Å². The molecule has 7 rings (SSSR count). The molecule has 11 heteroatoms. The number of ether oxygens (including phenoxy) is 1. The number of para-hydroxylation sites is 2. The van der Waals surface area contributed by atoms with Crippen molar-refractivity contribution in [3.05, 3.63) is 77.4 Å². The number of carbonyl (C=O) groups excluding carboxylic acids is 2. The van der Waals surface area contributed by atoms with Gasteiger partial charge in [-0.15, -0.1) is 0 Å². The zero-order valence-electron chi connectivity index (χ0n) is 32.1. The summed E-state index contributed by atoms with van der Waals surface area (Å²) in [5, 5.41) is 29.2. The van der Waals surface area contributed by atoms with Crippen LogP contribution < -0.4 is 26.0 Å². The topological polar surface area (TPSA) is 150 Å². The van der Waals surface area contributed by atoms with E-state index in [2.05, 4.69) is 31.4 Å². The first-order valence-electron chi connectivity index (χ1n) is 18.9. The van der Waals surface area contributed by atoms with E-state index in [0.717, 1.165) is 34.4 Å². The van der Waals surface area contributed by atoms with Crippen LogP contribution in [0.3, 0.4) is 0 Å². The predicted octanol–water partition coefficient (Wildman–Crippen LogP) is 4.64. The first-order valence-corrected chi connectivity index (χ1v) is 18.9. The van der Waals surface area contributed by atoms with Crippen LogP contribution in [-0.2, 0) is 22.6 Å². The van der Waals surface area contributed by atoms with E-state index in [4.69, 9.17) is 15.3 Å². The number of methoxy groups -OCH3 is 1. The van der Waals surface area contributed by atoms with Gasteiger partial charge in [0.2, 0.25) is 5.91 Å². The summed E-state index contributed by atoms with van der Waals surface area (Å²) >= 11 is 0. The molecule has 1 saturated heterocycles. The van der Waals surface area contributed by atoms with Crippen LogP contribution in [0.25, 0.3) is 11.1 Å². The molecule has 4 fully saturated rings. The van der Waals surface area contributed by atoms with E-state index in [9.17, 15) is 19.8 Å². The summed E-state index contributed by atoms with van der Waals surface area (Å²) in [6, 6.07) is 18.3. The number of nitrogens with zero attached hydrogens (tertiary/aromatic N) is 2. The van der Waals surface area contributed by atoms with E-state index >= 15 is 0 Å². The third-order valence-corrected chi connectivity index (χ3v) is 12.4. The molecule has 0 spiro atoms. The van der Waals surface area contributed by atoms with Crippen LogP contribution in [0.1, 0.15) is 62.0 Å². The van der Waals surface area contributed by atoms with Crippen LogP contribution >= 0.6 is 0 Å². The fraction of sp³-hybridized carbons (Fsp3) is 0.524. The average molecular weight is 728 g/mol. The van der Waals surface area contributed by atoms with Crippen LogP contribution in [0.2, 0.25) is 0 Å². The van der Waals surface area contributed by atoms with Gasteiger partial charge in [-0.1, -0.05) is 57.2 Å². The predicted molar refractivity (Wildman–Crippen MR) is 207 cm³/mol. The molecule has 8 atom stereocenters. The summed E-state index contributed by atoms with van der Waals surface area (Å²) in [7, 11) is 5.45. The van der Waals surface area contributed by atoms with Gasteiger partial charge in [-0.2, -0.15) is 5.06 Å². The highest BCUT2D eigenvalue weighted by atomic mass is 16.7. The van der Waals surface area contributed by atoms with Gasteiger partial charge in [0, 0.05) is 60.7 Å². The molecular formula is C42H57N5O6. The summed E-state index contributed by atoms with van der Waals surface area (Å²) in [6.07, 6.45) is 1.08. The Hall–Kier alpha value is -4.16. The third kappa shape index (κ3) is 7.62. The summed E-state index contributed by atoms with van der Waals surface area (Å²) in [6.45, 7) is 8.80. The Kier molecular flexibility index (Phi) is 11.4. The summed E-state index contributed by atoms with van der Waals surface area (Å²) < 4.78 is 6.05. The Labute approximate surface area is 313 Å². The van der Waals surface area contributed by atoms with E-state index in [0.29, 0.717) is 47.7 Å². The lowest BCUT2D eigenvalue weighted by molar-refractivity contribution is -0.183. The van der Waals surface area contributed by atoms with Gasteiger partial charge >= 0.3 is 0 Å². The van der Waals surface area contributed by atoms with Crippen LogP contribution in [0.4, 0.5) is 11.4 Å². The quantitative estimate of drug-likeness (QED) is 0.159. The van der Waals surface area contributed by atoms with Crippen LogP contribution in [0, 0.1) is 29.1 Å². The van der Waals surface area contributed by atoms with Crippen molar-refractivity contribution in [1.82, 2.24) is 15.7 Å². The maximum atomic E-state index is 14.2. The molecule has 3 saturated carbocycles. The number of amides is 2. The Morgan fingerprint density at radius 1 is 1.09 bits per heavy atom. The molecule has 3 aliphatic carbocycles. The Morgan fingerprint density at radius 2 is 1.83 bits per heavy atom. The number of aliphatic hydroxyl groups is 2. The molecule has 0 radical (unpaired) electrons. The molecule has 3 aromatic carbocycles. The molecule has 3 aromatic rings. The molecule has 6 N–H and O–H groups in total. The number of hydroxylamine groups is 2. The van der Waals surface area contributed by atoms with Crippen molar-refractivity contribution < 1.29 is 29.4 Å². The second kappa shape index (κ2) is 15.7. The molecule has 53 heavy (non-hydrogen) atoms. The Morgan fingerprint density at radius 3 is 2.47 bits per heavy atom. The number of fused-ring (bicyclic) bond motifs is 2. The monoisotopic (exact) mass is 727 g/mol. The van der Waals surface area contributed by atoms with Gasteiger partial charge in [0.15, 0.2) is 0 Å². The van der Waals surface area contributed by atoms with Gasteiger partial charge in [-0.05, 0) is 84.7 Å². The maximum Gasteiger partial charge on any atom is 0.251 e. The van der Waals surface area contributed by atoms with Crippen LogP contribution in [-0.4, -0.2) is 85.7 Å². The number of carbonyl (C=O) groups is 2. The molecule has 2 bridgehead atoms. The number of rotatable bonds is 13. The van der Waals surface area contributed by atoms with Crippen molar-refractivity contribution in [1.29, 1.82) is 0 Å². The minimum atomic E-state index is -0.902. The lowest BCUT2D eigenvalue weighted by Crippen LogP contribution is -2.62. The maximum absolute atomic E-state index is 14.2. The number of aliphatic hydroxyl groups excluding tert-OH is 2. The van der Waals surface area contributed by atoms with Gasteiger partial charge in [0.1, 0.15) is 17.9 Å². The molecule has 1 aliphatic heterocycles. The molecule has 11 nitrogen and oxygen atoms in total. The number of nitrogens with one attached hydrogen (secondary N) is 2. The SMILES string of the molecule is COc1c(CN2O[C@@H](CO)[C@@H]([C@H](C)O)[C@H]2C(=O)N[C@H]2C[C@H]3C[C@@H]([C@@H]2C)C3(C)C)cccc1-c1cc(C(=O)NCCc2ccccc2N)cc(N(C)C)c1. The minimum absolute atomic E-state index is 0.0358. The van der Waals surface area contributed by atoms with Gasteiger partial charge in [-0.3, -0.25) is 14.4 Å². The third-order valence-electron chi connectivity index (χ3n) is 12.4.